The number of aliphatic hydroxyl groups excluding tert-OH is 1. The van der Waals surface area contributed by atoms with Gasteiger partial charge in [0.25, 0.3) is 0 Å². The van der Waals surface area contributed by atoms with Crippen molar-refractivity contribution in [1.82, 2.24) is 10.6 Å². The van der Waals surface area contributed by atoms with E-state index in [1.165, 1.54) is 0 Å². The molecule has 0 spiro atoms. The van der Waals surface area contributed by atoms with Crippen molar-refractivity contribution in [2.75, 3.05) is 6.61 Å². The summed E-state index contributed by atoms with van der Waals surface area (Å²) in [7, 11) is 0. The van der Waals surface area contributed by atoms with E-state index in [0.29, 0.717) is 0 Å². The maximum Gasteiger partial charge on any atom is 0.316 e. The van der Waals surface area contributed by atoms with Crippen molar-refractivity contribution in [2.24, 2.45) is 10.9 Å². The molecule has 14 heavy (non-hydrogen) atoms. The highest BCUT2D eigenvalue weighted by Gasteiger charge is 2.26. The highest BCUT2D eigenvalue weighted by atomic mass is 16.3. The summed E-state index contributed by atoms with van der Waals surface area (Å²) in [5.74, 6) is -1.18. The van der Waals surface area contributed by atoms with Crippen LogP contribution in [0.15, 0.2) is 4.99 Å². The number of aliphatic hydroxyl groups is 1. The fourth-order valence-corrected chi connectivity index (χ4v) is 0.991. The minimum absolute atomic E-state index is 0.118. The van der Waals surface area contributed by atoms with Gasteiger partial charge in [-0.05, 0) is 5.92 Å². The Morgan fingerprint density at radius 1 is 1.29 bits per heavy atom. The molecule has 3 N–H and O–H groups in total. The van der Waals surface area contributed by atoms with Crippen LogP contribution in [-0.4, -0.2) is 35.5 Å². The van der Waals surface area contributed by atoms with E-state index < -0.39 is 11.8 Å². The molecule has 0 aromatic heterocycles. The lowest BCUT2D eigenvalue weighted by atomic mass is 10.1. The predicted molar refractivity (Wildman–Crippen MR) is 49.4 cm³/mol. The maximum absolute atomic E-state index is 10.8. The Morgan fingerprint density at radius 2 is 1.79 bits per heavy atom. The number of nitrogens with zero attached hydrogens (tertiary/aromatic N) is 1. The number of guanidine groups is 1. The zero-order valence-corrected chi connectivity index (χ0v) is 8.07. The van der Waals surface area contributed by atoms with Crippen LogP contribution in [0.3, 0.4) is 0 Å². The monoisotopic (exact) mass is 199 g/mol. The van der Waals surface area contributed by atoms with Crippen LogP contribution in [-0.2, 0) is 9.59 Å². The van der Waals surface area contributed by atoms with Gasteiger partial charge in [0.2, 0.25) is 5.96 Å². The Balaban J connectivity index is 2.69. The lowest BCUT2D eigenvalue weighted by Gasteiger charge is -2.13. The number of aliphatic imine (C=N–C) groups is 1. The molecule has 1 saturated heterocycles. The standard InChI is InChI=1S/C8H13N3O3/c1-4(2)5(3-12)9-8-10-6(13)7(14)11-8/h4-5,12H,3H2,1-2H3,(H2,9,10,11,13,14)/t5-/m1/s1. The van der Waals surface area contributed by atoms with Crippen LogP contribution in [0.25, 0.3) is 0 Å². The van der Waals surface area contributed by atoms with E-state index in [4.69, 9.17) is 5.11 Å². The number of amides is 2. The second kappa shape index (κ2) is 4.19. The molecule has 0 aliphatic carbocycles. The molecule has 78 valence electrons. The van der Waals surface area contributed by atoms with Gasteiger partial charge in [0.1, 0.15) is 0 Å². The minimum Gasteiger partial charge on any atom is -0.394 e. The molecule has 1 fully saturated rings. The van der Waals surface area contributed by atoms with E-state index in [-0.39, 0.29) is 24.5 Å². The van der Waals surface area contributed by atoms with Gasteiger partial charge in [0.15, 0.2) is 0 Å². The number of carbonyl (C=O) groups excluding carboxylic acids is 2. The molecule has 0 unspecified atom stereocenters. The zero-order chi connectivity index (χ0) is 10.7. The molecule has 0 aromatic carbocycles. The van der Waals surface area contributed by atoms with Crippen LogP contribution in [0.5, 0.6) is 0 Å². The van der Waals surface area contributed by atoms with E-state index in [1.807, 2.05) is 13.8 Å². The normalized spacial score (nSPS) is 18.1. The zero-order valence-electron chi connectivity index (χ0n) is 8.07. The Labute approximate surface area is 81.4 Å². The smallest absolute Gasteiger partial charge is 0.316 e. The number of rotatable bonds is 3. The first-order valence-electron chi connectivity index (χ1n) is 4.35. The molecule has 1 rings (SSSR count). The number of hydrogen-bond donors (Lipinski definition) is 3. The van der Waals surface area contributed by atoms with Gasteiger partial charge in [-0.15, -0.1) is 0 Å². The molecule has 0 radical (unpaired) electrons. The maximum atomic E-state index is 10.8. The van der Waals surface area contributed by atoms with E-state index in [2.05, 4.69) is 15.6 Å². The molecule has 0 saturated carbocycles. The summed E-state index contributed by atoms with van der Waals surface area (Å²) in [5.41, 5.74) is 0. The molecule has 6 nitrogen and oxygen atoms in total. The van der Waals surface area contributed by atoms with Crippen LogP contribution < -0.4 is 10.6 Å². The van der Waals surface area contributed by atoms with Gasteiger partial charge in [-0.3, -0.25) is 20.2 Å². The summed E-state index contributed by atoms with van der Waals surface area (Å²) in [4.78, 5) is 25.5. The van der Waals surface area contributed by atoms with Crippen molar-refractivity contribution in [2.45, 2.75) is 19.9 Å². The first-order chi connectivity index (χ1) is 6.54. The molecule has 1 aliphatic rings. The molecular formula is C8H13N3O3. The van der Waals surface area contributed by atoms with Crippen LogP contribution in [0.2, 0.25) is 0 Å². The highest BCUT2D eigenvalue weighted by Crippen LogP contribution is 2.05. The molecule has 6 heteroatoms. The fraction of sp³-hybridized carbons (Fsp3) is 0.625. The molecular weight excluding hydrogens is 186 g/mol. The van der Waals surface area contributed by atoms with Crippen LogP contribution in [0.4, 0.5) is 0 Å². The SMILES string of the molecule is CC(C)[C@@H](CO)N=C1NC(=O)C(=O)N1. The van der Waals surface area contributed by atoms with Crippen molar-refractivity contribution >= 4 is 17.8 Å². The summed E-state index contributed by atoms with van der Waals surface area (Å²) in [6.07, 6.45) is 0. The summed E-state index contributed by atoms with van der Waals surface area (Å²) >= 11 is 0. The molecule has 1 heterocycles. The van der Waals surface area contributed by atoms with Crippen molar-refractivity contribution in [3.05, 3.63) is 0 Å². The van der Waals surface area contributed by atoms with E-state index in [1.54, 1.807) is 0 Å². The van der Waals surface area contributed by atoms with Crippen LogP contribution in [0, 0.1) is 5.92 Å². The van der Waals surface area contributed by atoms with Crippen molar-refractivity contribution in [1.29, 1.82) is 0 Å². The summed E-state index contributed by atoms with van der Waals surface area (Å²) < 4.78 is 0. The van der Waals surface area contributed by atoms with Crippen LogP contribution in [0.1, 0.15) is 13.8 Å². The Morgan fingerprint density at radius 3 is 2.14 bits per heavy atom. The quantitative estimate of drug-likeness (QED) is 0.488. The van der Waals surface area contributed by atoms with Gasteiger partial charge in [0, 0.05) is 0 Å². The number of carbonyl (C=O) groups is 2. The summed E-state index contributed by atoms with van der Waals surface area (Å²) in [6.45, 7) is 3.67. The minimum atomic E-state index is -0.718. The van der Waals surface area contributed by atoms with Gasteiger partial charge in [-0.25, -0.2) is 4.99 Å². The van der Waals surface area contributed by atoms with Crippen LogP contribution >= 0.6 is 0 Å². The average molecular weight is 199 g/mol. The van der Waals surface area contributed by atoms with Gasteiger partial charge in [0.05, 0.1) is 12.6 Å². The summed E-state index contributed by atoms with van der Waals surface area (Å²) in [5, 5.41) is 13.5. The summed E-state index contributed by atoms with van der Waals surface area (Å²) in [6, 6.07) is -0.316. The van der Waals surface area contributed by atoms with Crippen molar-refractivity contribution in [3.8, 4) is 0 Å². The number of hydrogen-bond acceptors (Lipinski definition) is 4. The Kier molecular flexibility index (Phi) is 3.19. The lowest BCUT2D eigenvalue weighted by molar-refractivity contribution is -0.135. The average Bonchev–Trinajstić information content (AvgIpc) is 2.41. The molecule has 0 bridgehead atoms. The third kappa shape index (κ3) is 2.29. The molecule has 0 aromatic rings. The van der Waals surface area contributed by atoms with Gasteiger partial charge >= 0.3 is 11.8 Å². The van der Waals surface area contributed by atoms with Crippen molar-refractivity contribution in [3.63, 3.8) is 0 Å². The predicted octanol–water partition coefficient (Wildman–Crippen LogP) is -1.39. The molecule has 1 aliphatic heterocycles. The first kappa shape index (κ1) is 10.6. The Hall–Kier alpha value is -1.43. The van der Waals surface area contributed by atoms with E-state index in [0.717, 1.165) is 0 Å². The van der Waals surface area contributed by atoms with E-state index >= 15 is 0 Å². The van der Waals surface area contributed by atoms with E-state index in [9.17, 15) is 9.59 Å². The first-order valence-corrected chi connectivity index (χ1v) is 4.35. The second-order valence-corrected chi connectivity index (χ2v) is 3.38. The number of nitrogens with one attached hydrogen (secondary N) is 2. The second-order valence-electron chi connectivity index (χ2n) is 3.38. The van der Waals surface area contributed by atoms with Crippen molar-refractivity contribution < 1.29 is 14.7 Å². The van der Waals surface area contributed by atoms with Gasteiger partial charge < -0.3 is 5.11 Å². The van der Waals surface area contributed by atoms with Gasteiger partial charge in [-0.2, -0.15) is 0 Å². The fourth-order valence-electron chi connectivity index (χ4n) is 0.991. The largest absolute Gasteiger partial charge is 0.394 e. The molecule has 2 amide bonds. The molecule has 1 atom stereocenters. The lowest BCUT2D eigenvalue weighted by Crippen LogP contribution is -2.30. The highest BCUT2D eigenvalue weighted by molar-refractivity contribution is 6.45. The third-order valence-corrected chi connectivity index (χ3v) is 1.92. The topological polar surface area (TPSA) is 90.8 Å². The third-order valence-electron chi connectivity index (χ3n) is 1.92. The van der Waals surface area contributed by atoms with Gasteiger partial charge in [-0.1, -0.05) is 13.8 Å². The Bertz CT molecular complexity index is 268.